The highest BCUT2D eigenvalue weighted by atomic mass is 35.7. The Balaban J connectivity index is 1.98. The van der Waals surface area contributed by atoms with Gasteiger partial charge in [0.25, 0.3) is 9.05 Å². The van der Waals surface area contributed by atoms with E-state index in [0.29, 0.717) is 12.4 Å². The number of rotatable bonds is 6. The molecule has 0 spiro atoms. The van der Waals surface area contributed by atoms with E-state index in [1.165, 1.54) is 6.07 Å². The Morgan fingerprint density at radius 2 is 1.86 bits per heavy atom. The quantitative estimate of drug-likeness (QED) is 0.450. The van der Waals surface area contributed by atoms with Crippen LogP contribution in [0.2, 0.25) is 0 Å². The number of halogens is 1. The molecule has 0 atom stereocenters. The second kappa shape index (κ2) is 7.20. The van der Waals surface area contributed by atoms with Crippen molar-refractivity contribution in [2.45, 2.75) is 16.7 Å². The lowest BCUT2D eigenvalue weighted by atomic mass is 10.2. The van der Waals surface area contributed by atoms with Crippen LogP contribution in [0.5, 0.6) is 5.75 Å². The molecule has 0 saturated heterocycles. The number of ether oxygens (including phenoxy) is 1. The summed E-state index contributed by atoms with van der Waals surface area (Å²) in [7, 11) is 1.63. The zero-order valence-corrected chi connectivity index (χ0v) is 13.8. The topological polar surface area (TPSA) is 43.4 Å². The summed E-state index contributed by atoms with van der Waals surface area (Å²) in [5.41, 5.74) is 0.820. The highest BCUT2D eigenvalue weighted by molar-refractivity contribution is 8.13. The molecule has 0 amide bonds. The molecule has 6 heteroatoms. The number of hydrogen-bond acceptors (Lipinski definition) is 4. The first-order valence-corrected chi connectivity index (χ1v) is 9.62. The van der Waals surface area contributed by atoms with Crippen LogP contribution in [0.15, 0.2) is 58.3 Å². The van der Waals surface area contributed by atoms with Gasteiger partial charge in [0.15, 0.2) is 0 Å². The van der Waals surface area contributed by atoms with Gasteiger partial charge in [-0.2, -0.15) is 0 Å². The van der Waals surface area contributed by atoms with Gasteiger partial charge in [-0.1, -0.05) is 24.3 Å². The van der Waals surface area contributed by atoms with Crippen molar-refractivity contribution in [3.8, 4) is 5.75 Å². The highest BCUT2D eigenvalue weighted by Crippen LogP contribution is 2.28. The van der Waals surface area contributed by atoms with E-state index in [9.17, 15) is 8.42 Å². The standard InChI is InChI=1S/C15H15ClO3S2/c1-12-7-8-14(15(11-12)21(16,17)18)19-9-10-20-13-5-3-2-4-6-13/h2-8,11H,9-10H2,1H3. The molecule has 2 rings (SSSR count). The predicted octanol–water partition coefficient (Wildman–Crippen LogP) is 4.09. The summed E-state index contributed by atoms with van der Waals surface area (Å²) in [5.74, 6) is 1.02. The smallest absolute Gasteiger partial charge is 0.264 e. The van der Waals surface area contributed by atoms with Crippen LogP contribution in [0, 0.1) is 6.92 Å². The molecule has 2 aromatic rings. The molecule has 112 valence electrons. The fourth-order valence-electron chi connectivity index (χ4n) is 1.75. The molecule has 0 fully saturated rings. The minimum absolute atomic E-state index is 0.0221. The predicted molar refractivity (Wildman–Crippen MR) is 86.9 cm³/mol. The first-order chi connectivity index (χ1) is 9.97. The van der Waals surface area contributed by atoms with Crippen molar-refractivity contribution < 1.29 is 13.2 Å². The molecular weight excluding hydrogens is 328 g/mol. The molecule has 0 aliphatic heterocycles. The molecule has 0 aliphatic rings. The van der Waals surface area contributed by atoms with Gasteiger partial charge in [-0.05, 0) is 36.8 Å². The van der Waals surface area contributed by atoms with Gasteiger partial charge in [0, 0.05) is 21.3 Å². The Morgan fingerprint density at radius 1 is 1.14 bits per heavy atom. The lowest BCUT2D eigenvalue weighted by Crippen LogP contribution is -2.04. The van der Waals surface area contributed by atoms with Crippen LogP contribution in [-0.2, 0) is 9.05 Å². The van der Waals surface area contributed by atoms with Gasteiger partial charge in [0.2, 0.25) is 0 Å². The molecule has 0 unspecified atom stereocenters. The Bertz CT molecular complexity index is 700. The summed E-state index contributed by atoms with van der Waals surface area (Å²) >= 11 is 1.65. The van der Waals surface area contributed by atoms with Gasteiger partial charge >= 0.3 is 0 Å². The van der Waals surface area contributed by atoms with Gasteiger partial charge in [-0.15, -0.1) is 11.8 Å². The van der Waals surface area contributed by atoms with Gasteiger partial charge < -0.3 is 4.74 Å². The van der Waals surface area contributed by atoms with Crippen LogP contribution < -0.4 is 4.74 Å². The molecule has 0 radical (unpaired) electrons. The zero-order chi connectivity index (χ0) is 15.3. The van der Waals surface area contributed by atoms with Crippen LogP contribution in [0.4, 0.5) is 0 Å². The largest absolute Gasteiger partial charge is 0.491 e. The number of thioether (sulfide) groups is 1. The summed E-state index contributed by atoms with van der Waals surface area (Å²) < 4.78 is 28.6. The lowest BCUT2D eigenvalue weighted by Gasteiger charge is -2.10. The highest BCUT2D eigenvalue weighted by Gasteiger charge is 2.17. The Hall–Kier alpha value is -1.17. The summed E-state index contributed by atoms with van der Waals surface area (Å²) in [5, 5.41) is 0. The van der Waals surface area contributed by atoms with Gasteiger partial charge in [-0.25, -0.2) is 8.42 Å². The van der Waals surface area contributed by atoms with Crippen molar-refractivity contribution >= 4 is 31.5 Å². The number of hydrogen-bond donors (Lipinski definition) is 0. The van der Waals surface area contributed by atoms with Gasteiger partial charge in [0.1, 0.15) is 10.6 Å². The van der Waals surface area contributed by atoms with Crippen molar-refractivity contribution in [2.24, 2.45) is 0 Å². The molecule has 0 N–H and O–H groups in total. The third kappa shape index (κ3) is 4.95. The minimum Gasteiger partial charge on any atom is -0.491 e. The first-order valence-electron chi connectivity index (χ1n) is 6.33. The molecule has 0 aliphatic carbocycles. The maximum atomic E-state index is 11.5. The summed E-state index contributed by atoms with van der Waals surface area (Å²) in [6.45, 7) is 2.21. The van der Waals surface area contributed by atoms with Crippen LogP contribution in [0.25, 0.3) is 0 Å². The van der Waals surface area contributed by atoms with E-state index in [-0.39, 0.29) is 4.90 Å². The molecule has 0 bridgehead atoms. The Labute approximate surface area is 133 Å². The molecule has 0 aromatic heterocycles. The third-order valence-corrected chi connectivity index (χ3v) is 5.03. The van der Waals surface area contributed by atoms with E-state index < -0.39 is 9.05 Å². The second-order valence-corrected chi connectivity index (χ2v) is 8.10. The molecule has 2 aromatic carbocycles. The molecule has 3 nitrogen and oxygen atoms in total. The summed E-state index contributed by atoms with van der Waals surface area (Å²) in [4.78, 5) is 1.17. The average Bonchev–Trinajstić information content (AvgIpc) is 2.45. The van der Waals surface area contributed by atoms with E-state index >= 15 is 0 Å². The fourth-order valence-corrected chi connectivity index (χ4v) is 3.56. The van der Waals surface area contributed by atoms with Crippen LogP contribution in [-0.4, -0.2) is 20.8 Å². The SMILES string of the molecule is Cc1ccc(OCCSc2ccccc2)c(S(=O)(=O)Cl)c1. The van der Waals surface area contributed by atoms with Crippen LogP contribution in [0.1, 0.15) is 5.56 Å². The minimum atomic E-state index is -3.80. The van der Waals surface area contributed by atoms with Crippen LogP contribution in [0.3, 0.4) is 0 Å². The monoisotopic (exact) mass is 342 g/mol. The van der Waals surface area contributed by atoms with Crippen molar-refractivity contribution in [1.82, 2.24) is 0 Å². The van der Waals surface area contributed by atoms with E-state index in [2.05, 4.69) is 0 Å². The van der Waals surface area contributed by atoms with Crippen molar-refractivity contribution in [3.05, 3.63) is 54.1 Å². The summed E-state index contributed by atoms with van der Waals surface area (Å²) in [6, 6.07) is 14.9. The molecule has 0 heterocycles. The van der Waals surface area contributed by atoms with Crippen molar-refractivity contribution in [1.29, 1.82) is 0 Å². The van der Waals surface area contributed by atoms with Gasteiger partial charge in [0.05, 0.1) is 6.61 Å². The van der Waals surface area contributed by atoms with Gasteiger partial charge in [-0.3, -0.25) is 0 Å². The summed E-state index contributed by atoms with van der Waals surface area (Å²) in [6.07, 6.45) is 0. The first kappa shape index (κ1) is 16.2. The number of benzene rings is 2. The second-order valence-electron chi connectivity index (χ2n) is 4.40. The third-order valence-electron chi connectivity index (χ3n) is 2.71. The van der Waals surface area contributed by atoms with Crippen LogP contribution >= 0.6 is 22.4 Å². The zero-order valence-electron chi connectivity index (χ0n) is 11.5. The van der Waals surface area contributed by atoms with E-state index in [1.807, 2.05) is 30.3 Å². The molecule has 21 heavy (non-hydrogen) atoms. The van der Waals surface area contributed by atoms with Crippen molar-refractivity contribution in [3.63, 3.8) is 0 Å². The fraction of sp³-hybridized carbons (Fsp3) is 0.200. The average molecular weight is 343 g/mol. The number of aryl methyl sites for hydroxylation is 1. The normalized spacial score (nSPS) is 11.3. The maximum Gasteiger partial charge on any atom is 0.264 e. The maximum absolute atomic E-state index is 11.5. The van der Waals surface area contributed by atoms with E-state index in [0.717, 1.165) is 16.2 Å². The van der Waals surface area contributed by atoms with Crippen molar-refractivity contribution in [2.75, 3.05) is 12.4 Å². The van der Waals surface area contributed by atoms with E-state index in [4.69, 9.17) is 15.4 Å². The molecule has 0 saturated carbocycles. The molecular formula is C15H15ClO3S2. The Kier molecular flexibility index (Phi) is 5.56. The lowest BCUT2D eigenvalue weighted by molar-refractivity contribution is 0.335. The Morgan fingerprint density at radius 3 is 2.52 bits per heavy atom. The van der Waals surface area contributed by atoms with E-state index in [1.54, 1.807) is 30.8 Å².